The van der Waals surface area contributed by atoms with Gasteiger partial charge in [0.1, 0.15) is 28.4 Å². The molecule has 3 aromatic rings. The van der Waals surface area contributed by atoms with Crippen LogP contribution in [0.2, 0.25) is 5.15 Å². The highest BCUT2D eigenvalue weighted by atomic mass is 35.5. The third-order valence-electron chi connectivity index (χ3n) is 5.14. The lowest BCUT2D eigenvalue weighted by molar-refractivity contribution is 0.243. The van der Waals surface area contributed by atoms with E-state index in [1.165, 1.54) is 0 Å². The Kier molecular flexibility index (Phi) is 5.28. The molecule has 146 valence electrons. The van der Waals surface area contributed by atoms with Gasteiger partial charge in [-0.15, -0.1) is 0 Å². The Balaban J connectivity index is 1.46. The fourth-order valence-corrected chi connectivity index (χ4v) is 3.71. The van der Waals surface area contributed by atoms with Crippen LogP contribution in [0.15, 0.2) is 24.3 Å². The van der Waals surface area contributed by atoms with Gasteiger partial charge in [0.05, 0.1) is 12.1 Å². The molecule has 1 saturated heterocycles. The molecule has 3 heterocycles. The SMILES string of the molecule is CCc1nc(Cl)c(C)c(N2CCN(Cc3nc(N)c4ccccc4n3)CC2)n1. The lowest BCUT2D eigenvalue weighted by atomic mass is 10.2. The van der Waals surface area contributed by atoms with E-state index >= 15 is 0 Å². The number of rotatable bonds is 4. The first-order valence-corrected chi connectivity index (χ1v) is 9.94. The first-order chi connectivity index (χ1) is 13.5. The predicted octanol–water partition coefficient (Wildman–Crippen LogP) is 2.85. The summed E-state index contributed by atoms with van der Waals surface area (Å²) in [5.41, 5.74) is 7.95. The predicted molar refractivity (Wildman–Crippen MR) is 113 cm³/mol. The zero-order chi connectivity index (χ0) is 19.7. The van der Waals surface area contributed by atoms with Crippen LogP contribution in [0.25, 0.3) is 10.9 Å². The Morgan fingerprint density at radius 2 is 1.75 bits per heavy atom. The van der Waals surface area contributed by atoms with Crippen LogP contribution in [0, 0.1) is 6.92 Å². The normalized spacial score (nSPS) is 15.3. The molecule has 0 saturated carbocycles. The first-order valence-electron chi connectivity index (χ1n) is 9.56. The lowest BCUT2D eigenvalue weighted by Gasteiger charge is -2.35. The van der Waals surface area contributed by atoms with Crippen molar-refractivity contribution >= 4 is 34.1 Å². The minimum Gasteiger partial charge on any atom is -0.383 e. The number of para-hydroxylation sites is 1. The number of aromatic nitrogens is 4. The van der Waals surface area contributed by atoms with Crippen LogP contribution in [-0.2, 0) is 13.0 Å². The number of benzene rings is 1. The Labute approximate surface area is 169 Å². The summed E-state index contributed by atoms with van der Waals surface area (Å²) in [6.45, 7) is 8.26. The summed E-state index contributed by atoms with van der Waals surface area (Å²) in [5.74, 6) is 3.03. The molecule has 4 rings (SSSR count). The lowest BCUT2D eigenvalue weighted by Crippen LogP contribution is -2.46. The van der Waals surface area contributed by atoms with Crippen LogP contribution in [-0.4, -0.2) is 51.0 Å². The summed E-state index contributed by atoms with van der Waals surface area (Å²) >= 11 is 6.30. The Hall–Kier alpha value is -2.51. The zero-order valence-electron chi connectivity index (χ0n) is 16.2. The molecule has 0 radical (unpaired) electrons. The molecule has 0 aliphatic carbocycles. The number of hydrogen-bond donors (Lipinski definition) is 1. The van der Waals surface area contributed by atoms with E-state index < -0.39 is 0 Å². The Morgan fingerprint density at radius 1 is 1.00 bits per heavy atom. The highest BCUT2D eigenvalue weighted by molar-refractivity contribution is 6.30. The van der Waals surface area contributed by atoms with Crippen LogP contribution < -0.4 is 10.6 Å². The van der Waals surface area contributed by atoms with Crippen molar-refractivity contribution in [1.29, 1.82) is 0 Å². The summed E-state index contributed by atoms with van der Waals surface area (Å²) in [7, 11) is 0. The summed E-state index contributed by atoms with van der Waals surface area (Å²) < 4.78 is 0. The van der Waals surface area contributed by atoms with Gasteiger partial charge in [0.2, 0.25) is 0 Å². The Bertz CT molecular complexity index is 999. The summed E-state index contributed by atoms with van der Waals surface area (Å²) in [6.07, 6.45) is 0.772. The van der Waals surface area contributed by atoms with Crippen LogP contribution in [0.3, 0.4) is 0 Å². The minimum atomic E-state index is 0.539. The summed E-state index contributed by atoms with van der Waals surface area (Å²) in [6, 6.07) is 7.85. The maximum atomic E-state index is 6.30. The highest BCUT2D eigenvalue weighted by Gasteiger charge is 2.22. The third kappa shape index (κ3) is 3.72. The van der Waals surface area contributed by atoms with Gasteiger partial charge in [0.15, 0.2) is 0 Å². The molecule has 28 heavy (non-hydrogen) atoms. The number of nitrogens with two attached hydrogens (primary N) is 1. The Morgan fingerprint density at radius 3 is 2.50 bits per heavy atom. The standard InChI is InChI=1S/C20H24ClN7/c1-3-16-24-18(21)13(2)20(26-16)28-10-8-27(9-11-28)12-17-23-15-7-5-4-6-14(15)19(22)25-17/h4-7H,3,8-12H2,1-2H3,(H2,22,23,25). The maximum absolute atomic E-state index is 6.30. The van der Waals surface area contributed by atoms with E-state index in [4.69, 9.17) is 22.3 Å². The molecule has 2 N–H and O–H groups in total. The van der Waals surface area contributed by atoms with Crippen molar-refractivity contribution in [3.8, 4) is 0 Å². The van der Waals surface area contributed by atoms with Gasteiger partial charge in [0.25, 0.3) is 0 Å². The van der Waals surface area contributed by atoms with E-state index in [-0.39, 0.29) is 0 Å². The molecule has 1 fully saturated rings. The van der Waals surface area contributed by atoms with Crippen molar-refractivity contribution < 1.29 is 0 Å². The van der Waals surface area contributed by atoms with E-state index in [9.17, 15) is 0 Å². The fourth-order valence-electron chi connectivity index (χ4n) is 3.53. The number of anilines is 2. The largest absolute Gasteiger partial charge is 0.383 e. The number of aryl methyl sites for hydroxylation is 1. The second-order valence-electron chi connectivity index (χ2n) is 7.04. The van der Waals surface area contributed by atoms with Gasteiger partial charge in [0, 0.05) is 43.5 Å². The highest BCUT2D eigenvalue weighted by Crippen LogP contribution is 2.25. The van der Waals surface area contributed by atoms with E-state index in [1.807, 2.05) is 38.1 Å². The van der Waals surface area contributed by atoms with Gasteiger partial charge in [-0.25, -0.2) is 19.9 Å². The average Bonchev–Trinajstić information content (AvgIpc) is 2.71. The molecule has 0 spiro atoms. The molecule has 8 heteroatoms. The molecule has 2 aromatic heterocycles. The second kappa shape index (κ2) is 7.85. The van der Waals surface area contributed by atoms with Crippen molar-refractivity contribution in [3.63, 3.8) is 0 Å². The monoisotopic (exact) mass is 397 g/mol. The van der Waals surface area contributed by atoms with E-state index in [0.29, 0.717) is 17.5 Å². The van der Waals surface area contributed by atoms with Crippen LogP contribution in [0.1, 0.15) is 24.1 Å². The first kappa shape index (κ1) is 18.8. The molecular weight excluding hydrogens is 374 g/mol. The smallest absolute Gasteiger partial charge is 0.145 e. The quantitative estimate of drug-likeness (QED) is 0.677. The van der Waals surface area contributed by atoms with Crippen molar-refractivity contribution in [3.05, 3.63) is 46.6 Å². The maximum Gasteiger partial charge on any atom is 0.145 e. The van der Waals surface area contributed by atoms with E-state index in [1.54, 1.807) is 0 Å². The second-order valence-corrected chi connectivity index (χ2v) is 7.40. The van der Waals surface area contributed by atoms with Crippen LogP contribution in [0.5, 0.6) is 0 Å². The third-order valence-corrected chi connectivity index (χ3v) is 5.51. The van der Waals surface area contributed by atoms with Crippen molar-refractivity contribution in [2.24, 2.45) is 0 Å². The number of halogens is 1. The fraction of sp³-hybridized carbons (Fsp3) is 0.400. The van der Waals surface area contributed by atoms with Gasteiger partial charge >= 0.3 is 0 Å². The van der Waals surface area contributed by atoms with Gasteiger partial charge in [-0.3, -0.25) is 4.90 Å². The molecule has 1 aliphatic rings. The number of nitrogens with zero attached hydrogens (tertiary/aromatic N) is 6. The van der Waals surface area contributed by atoms with Crippen LogP contribution >= 0.6 is 11.6 Å². The van der Waals surface area contributed by atoms with Crippen molar-refractivity contribution in [2.45, 2.75) is 26.8 Å². The molecule has 0 amide bonds. The van der Waals surface area contributed by atoms with Gasteiger partial charge in [-0.1, -0.05) is 30.7 Å². The average molecular weight is 398 g/mol. The van der Waals surface area contributed by atoms with E-state index in [0.717, 1.165) is 66.5 Å². The molecule has 1 aromatic carbocycles. The van der Waals surface area contributed by atoms with Crippen LogP contribution in [0.4, 0.5) is 11.6 Å². The summed E-state index contributed by atoms with van der Waals surface area (Å²) in [4.78, 5) is 22.8. The van der Waals surface area contributed by atoms with Crippen molar-refractivity contribution in [2.75, 3.05) is 36.8 Å². The summed E-state index contributed by atoms with van der Waals surface area (Å²) in [5, 5.41) is 1.45. The number of hydrogen-bond acceptors (Lipinski definition) is 7. The van der Waals surface area contributed by atoms with E-state index in [2.05, 4.69) is 24.8 Å². The molecule has 1 aliphatic heterocycles. The minimum absolute atomic E-state index is 0.539. The van der Waals surface area contributed by atoms with Gasteiger partial charge in [-0.2, -0.15) is 0 Å². The van der Waals surface area contributed by atoms with Gasteiger partial charge < -0.3 is 10.6 Å². The van der Waals surface area contributed by atoms with Gasteiger partial charge in [-0.05, 0) is 19.1 Å². The molecule has 0 unspecified atom stereocenters. The molecule has 0 bridgehead atoms. The van der Waals surface area contributed by atoms with Crippen molar-refractivity contribution in [1.82, 2.24) is 24.8 Å². The molecular formula is C20H24ClN7. The number of fused-ring (bicyclic) bond motifs is 1. The number of piperazine rings is 1. The zero-order valence-corrected chi connectivity index (χ0v) is 16.9. The topological polar surface area (TPSA) is 84.1 Å². The number of nitrogen functional groups attached to an aromatic ring is 1. The molecule has 0 atom stereocenters. The molecule has 7 nitrogen and oxygen atoms in total.